The predicted octanol–water partition coefficient (Wildman–Crippen LogP) is 0.823. The summed E-state index contributed by atoms with van der Waals surface area (Å²) in [5.74, 6) is -0.163. The molecule has 0 amide bonds. The normalized spacial score (nSPS) is 16.3. The quantitative estimate of drug-likeness (QED) is 0.169. The number of hydrogen-bond donors (Lipinski definition) is 3. The minimum absolute atomic E-state index is 0.106. The van der Waals surface area contributed by atoms with E-state index in [1.165, 1.54) is 12.1 Å². The number of nitro benzene ring substituents is 1. The van der Waals surface area contributed by atoms with E-state index in [0.29, 0.717) is 17.8 Å². The van der Waals surface area contributed by atoms with E-state index in [1.807, 2.05) is 0 Å². The van der Waals surface area contributed by atoms with Crippen LogP contribution in [-0.2, 0) is 4.74 Å². The van der Waals surface area contributed by atoms with Crippen molar-refractivity contribution in [1.82, 2.24) is 4.90 Å². The Morgan fingerprint density at radius 2 is 2.22 bits per heavy atom. The lowest BCUT2D eigenvalue weighted by Gasteiger charge is -2.26. The number of non-ortho nitro benzene ring substituents is 1. The average molecular weight is 323 g/mol. The first-order valence-electron chi connectivity index (χ1n) is 7.42. The number of anilines is 1. The Kier molecular flexibility index (Phi) is 6.12. The van der Waals surface area contributed by atoms with E-state index < -0.39 is 4.92 Å². The highest BCUT2D eigenvalue weighted by Crippen LogP contribution is 2.22. The van der Waals surface area contributed by atoms with E-state index in [1.54, 1.807) is 6.07 Å². The molecule has 4 N–H and O–H groups in total. The maximum Gasteiger partial charge on any atom is 0.270 e. The molecule has 126 valence electrons. The van der Waals surface area contributed by atoms with Crippen molar-refractivity contribution in [3.63, 3.8) is 0 Å². The maximum absolute atomic E-state index is 10.8. The minimum atomic E-state index is -0.517. The van der Waals surface area contributed by atoms with Gasteiger partial charge in [0.15, 0.2) is 5.84 Å². The number of rotatable bonds is 7. The SMILES string of the molecule is N/C(=N/O)c1cc([N+](=O)[O-])ccc1NCCCN1CCOCC1. The zero-order valence-corrected chi connectivity index (χ0v) is 12.8. The van der Waals surface area contributed by atoms with Gasteiger partial charge in [-0.2, -0.15) is 0 Å². The molecule has 0 saturated carbocycles. The zero-order chi connectivity index (χ0) is 16.7. The Balaban J connectivity index is 1.94. The van der Waals surface area contributed by atoms with Crippen LogP contribution in [0.15, 0.2) is 23.4 Å². The number of amidine groups is 1. The monoisotopic (exact) mass is 323 g/mol. The van der Waals surface area contributed by atoms with Gasteiger partial charge in [-0.15, -0.1) is 0 Å². The topological polar surface area (TPSA) is 126 Å². The van der Waals surface area contributed by atoms with E-state index in [-0.39, 0.29) is 11.5 Å². The summed E-state index contributed by atoms with van der Waals surface area (Å²) in [6, 6.07) is 4.25. The molecular formula is C14H21N5O4. The molecule has 9 heteroatoms. The van der Waals surface area contributed by atoms with Crippen LogP contribution < -0.4 is 11.1 Å². The molecule has 9 nitrogen and oxygen atoms in total. The third-order valence-corrected chi connectivity index (χ3v) is 3.67. The molecule has 1 aromatic carbocycles. The van der Waals surface area contributed by atoms with E-state index in [9.17, 15) is 10.1 Å². The molecular weight excluding hydrogens is 302 g/mol. The van der Waals surface area contributed by atoms with Crippen LogP contribution in [-0.4, -0.2) is 60.3 Å². The Hall–Kier alpha value is -2.39. The number of nitrogens with two attached hydrogens (primary N) is 1. The largest absolute Gasteiger partial charge is 0.409 e. The second-order valence-electron chi connectivity index (χ2n) is 5.21. The van der Waals surface area contributed by atoms with E-state index in [4.69, 9.17) is 15.7 Å². The van der Waals surface area contributed by atoms with Crippen molar-refractivity contribution >= 4 is 17.2 Å². The van der Waals surface area contributed by atoms with Gasteiger partial charge in [0.2, 0.25) is 0 Å². The second kappa shape index (κ2) is 8.30. The molecule has 0 atom stereocenters. The highest BCUT2D eigenvalue weighted by molar-refractivity contribution is 6.02. The van der Waals surface area contributed by atoms with Crippen molar-refractivity contribution in [2.45, 2.75) is 6.42 Å². The number of nitro groups is 1. The lowest BCUT2D eigenvalue weighted by atomic mass is 10.1. The molecule has 1 aliphatic rings. The van der Waals surface area contributed by atoms with Gasteiger partial charge in [-0.05, 0) is 19.0 Å². The Morgan fingerprint density at radius 1 is 1.48 bits per heavy atom. The Bertz CT molecular complexity index is 572. The lowest BCUT2D eigenvalue weighted by Crippen LogP contribution is -2.37. The fraction of sp³-hybridized carbons (Fsp3) is 0.500. The highest BCUT2D eigenvalue weighted by atomic mass is 16.6. The Morgan fingerprint density at radius 3 is 2.87 bits per heavy atom. The van der Waals surface area contributed by atoms with Crippen LogP contribution in [0.5, 0.6) is 0 Å². The highest BCUT2D eigenvalue weighted by Gasteiger charge is 2.14. The molecule has 0 unspecified atom stereocenters. The van der Waals surface area contributed by atoms with Crippen LogP contribution in [0.4, 0.5) is 11.4 Å². The summed E-state index contributed by atoms with van der Waals surface area (Å²) in [4.78, 5) is 12.6. The van der Waals surface area contributed by atoms with Crippen molar-refractivity contribution < 1.29 is 14.9 Å². The summed E-state index contributed by atoms with van der Waals surface area (Å²) in [6.45, 7) is 5.04. The summed E-state index contributed by atoms with van der Waals surface area (Å²) in [5, 5.41) is 25.8. The van der Waals surface area contributed by atoms with Gasteiger partial charge in [-0.25, -0.2) is 0 Å². The zero-order valence-electron chi connectivity index (χ0n) is 12.8. The molecule has 1 fully saturated rings. The first kappa shape index (κ1) is 17.0. The van der Waals surface area contributed by atoms with Crippen LogP contribution in [0, 0.1) is 10.1 Å². The van der Waals surface area contributed by atoms with Gasteiger partial charge < -0.3 is 21.0 Å². The summed E-state index contributed by atoms with van der Waals surface area (Å²) in [6.07, 6.45) is 0.909. The number of nitrogens with one attached hydrogen (secondary N) is 1. The van der Waals surface area contributed by atoms with Gasteiger partial charge in [-0.1, -0.05) is 5.16 Å². The summed E-state index contributed by atoms with van der Waals surface area (Å²) < 4.78 is 5.30. The number of nitrogens with zero attached hydrogens (tertiary/aromatic N) is 3. The van der Waals surface area contributed by atoms with Gasteiger partial charge >= 0.3 is 0 Å². The Labute approximate surface area is 133 Å². The van der Waals surface area contributed by atoms with Gasteiger partial charge in [0, 0.05) is 37.5 Å². The van der Waals surface area contributed by atoms with E-state index >= 15 is 0 Å². The number of benzene rings is 1. The molecule has 0 radical (unpaired) electrons. The number of ether oxygens (including phenoxy) is 1. The standard InChI is InChI=1S/C14H21N5O4/c15-14(17-20)12-10-11(19(21)22)2-3-13(12)16-4-1-5-18-6-8-23-9-7-18/h2-3,10,16,20H,1,4-9H2,(H2,15,17). The van der Waals surface area contributed by atoms with Gasteiger partial charge in [0.1, 0.15) is 0 Å². The van der Waals surface area contributed by atoms with Crippen LogP contribution in [0.3, 0.4) is 0 Å². The lowest BCUT2D eigenvalue weighted by molar-refractivity contribution is -0.384. The fourth-order valence-corrected chi connectivity index (χ4v) is 2.42. The predicted molar refractivity (Wildman–Crippen MR) is 86.0 cm³/mol. The number of hydrogen-bond acceptors (Lipinski definition) is 7. The van der Waals surface area contributed by atoms with Crippen LogP contribution in [0.25, 0.3) is 0 Å². The maximum atomic E-state index is 10.8. The molecule has 2 rings (SSSR count). The van der Waals surface area contributed by atoms with Crippen molar-refractivity contribution in [2.24, 2.45) is 10.9 Å². The minimum Gasteiger partial charge on any atom is -0.409 e. The molecule has 1 aromatic rings. The van der Waals surface area contributed by atoms with Gasteiger partial charge in [0.25, 0.3) is 5.69 Å². The molecule has 0 spiro atoms. The summed E-state index contributed by atoms with van der Waals surface area (Å²) in [5.41, 5.74) is 6.41. The van der Waals surface area contributed by atoms with E-state index in [2.05, 4.69) is 15.4 Å². The van der Waals surface area contributed by atoms with Crippen LogP contribution >= 0.6 is 0 Å². The molecule has 23 heavy (non-hydrogen) atoms. The molecule has 1 heterocycles. The first-order valence-corrected chi connectivity index (χ1v) is 7.42. The van der Waals surface area contributed by atoms with Gasteiger partial charge in [-0.3, -0.25) is 15.0 Å². The molecule has 0 bridgehead atoms. The summed E-state index contributed by atoms with van der Waals surface area (Å²) in [7, 11) is 0. The first-order chi connectivity index (χ1) is 11.1. The smallest absolute Gasteiger partial charge is 0.270 e. The van der Waals surface area contributed by atoms with Crippen molar-refractivity contribution in [2.75, 3.05) is 44.7 Å². The van der Waals surface area contributed by atoms with Crippen molar-refractivity contribution in [3.05, 3.63) is 33.9 Å². The third kappa shape index (κ3) is 4.80. The third-order valence-electron chi connectivity index (χ3n) is 3.67. The van der Waals surface area contributed by atoms with Gasteiger partial charge in [0.05, 0.1) is 23.7 Å². The molecule has 1 saturated heterocycles. The summed E-state index contributed by atoms with van der Waals surface area (Å²) >= 11 is 0. The van der Waals surface area contributed by atoms with Crippen molar-refractivity contribution in [3.8, 4) is 0 Å². The fourth-order valence-electron chi connectivity index (χ4n) is 2.42. The second-order valence-corrected chi connectivity index (χ2v) is 5.21. The van der Waals surface area contributed by atoms with Crippen LogP contribution in [0.2, 0.25) is 0 Å². The molecule has 0 aliphatic carbocycles. The van der Waals surface area contributed by atoms with E-state index in [0.717, 1.165) is 39.3 Å². The number of oxime groups is 1. The van der Waals surface area contributed by atoms with Crippen LogP contribution in [0.1, 0.15) is 12.0 Å². The number of morpholine rings is 1. The van der Waals surface area contributed by atoms with Crippen molar-refractivity contribution in [1.29, 1.82) is 0 Å². The molecule has 1 aliphatic heterocycles. The average Bonchev–Trinajstić information content (AvgIpc) is 2.58. The molecule has 0 aromatic heterocycles.